The highest BCUT2D eigenvalue weighted by molar-refractivity contribution is 14.1. The molecule has 0 unspecified atom stereocenters. The van der Waals surface area contributed by atoms with Crippen LogP contribution in [-0.4, -0.2) is 0 Å². The van der Waals surface area contributed by atoms with Gasteiger partial charge in [0.05, 0.1) is 0 Å². The summed E-state index contributed by atoms with van der Waals surface area (Å²) in [6.45, 7) is 2.31. The molecule has 0 aliphatic heterocycles. The van der Waals surface area contributed by atoms with E-state index >= 15 is 0 Å². The minimum atomic E-state index is 0.839. The van der Waals surface area contributed by atoms with Gasteiger partial charge in [0.1, 0.15) is 0 Å². The molecule has 0 nitrogen and oxygen atoms in total. The van der Waals surface area contributed by atoms with Crippen LogP contribution >= 0.6 is 22.6 Å². The van der Waals surface area contributed by atoms with E-state index in [-0.39, 0.29) is 0 Å². The third-order valence-corrected chi connectivity index (χ3v) is 5.03. The zero-order chi connectivity index (χ0) is 12.1. The summed E-state index contributed by atoms with van der Waals surface area (Å²) in [5, 5.41) is 0. The van der Waals surface area contributed by atoms with Gasteiger partial charge in [0.25, 0.3) is 0 Å². The summed E-state index contributed by atoms with van der Waals surface area (Å²) in [7, 11) is 0. The van der Waals surface area contributed by atoms with E-state index in [1.165, 1.54) is 44.1 Å². The van der Waals surface area contributed by atoms with Gasteiger partial charge in [-0.25, -0.2) is 0 Å². The van der Waals surface area contributed by atoms with Crippen molar-refractivity contribution in [2.24, 2.45) is 5.92 Å². The van der Waals surface area contributed by atoms with Crippen molar-refractivity contribution in [1.82, 2.24) is 0 Å². The Bertz CT molecular complexity index is 320. The molecule has 1 saturated carbocycles. The number of hydrogen-bond donors (Lipinski definition) is 0. The van der Waals surface area contributed by atoms with Gasteiger partial charge < -0.3 is 0 Å². The SMILES string of the molecule is CCCC1CCC(c2ccc(CI)cc2)CC1. The summed E-state index contributed by atoms with van der Waals surface area (Å²) in [5.41, 5.74) is 3.03. The fraction of sp³-hybridized carbons (Fsp3) is 0.625. The van der Waals surface area contributed by atoms with Crippen molar-refractivity contribution >= 4 is 22.6 Å². The van der Waals surface area contributed by atoms with Crippen LogP contribution < -0.4 is 0 Å². The Morgan fingerprint density at radius 3 is 2.24 bits per heavy atom. The van der Waals surface area contributed by atoms with Gasteiger partial charge >= 0.3 is 0 Å². The summed E-state index contributed by atoms with van der Waals surface area (Å²) < 4.78 is 1.13. The predicted octanol–water partition coefficient (Wildman–Crippen LogP) is 5.70. The number of rotatable bonds is 4. The molecule has 0 amide bonds. The number of halogens is 1. The van der Waals surface area contributed by atoms with Crippen LogP contribution in [0.4, 0.5) is 0 Å². The fourth-order valence-corrected chi connectivity index (χ4v) is 3.58. The van der Waals surface area contributed by atoms with Crippen molar-refractivity contribution in [3.8, 4) is 0 Å². The molecule has 94 valence electrons. The van der Waals surface area contributed by atoms with Crippen molar-refractivity contribution in [2.75, 3.05) is 0 Å². The zero-order valence-corrected chi connectivity index (χ0v) is 12.9. The molecule has 1 aromatic carbocycles. The highest BCUT2D eigenvalue weighted by Crippen LogP contribution is 2.37. The number of hydrogen-bond acceptors (Lipinski definition) is 0. The summed E-state index contributed by atoms with van der Waals surface area (Å²) in [4.78, 5) is 0. The van der Waals surface area contributed by atoms with Crippen LogP contribution in [0.15, 0.2) is 24.3 Å². The largest absolute Gasteiger partial charge is 0.0812 e. The molecule has 0 N–H and O–H groups in total. The third kappa shape index (κ3) is 3.70. The first kappa shape index (κ1) is 13.4. The first-order valence-corrected chi connectivity index (χ1v) is 8.50. The van der Waals surface area contributed by atoms with Crippen LogP contribution in [0.3, 0.4) is 0 Å². The van der Waals surface area contributed by atoms with Crippen LogP contribution in [-0.2, 0) is 4.43 Å². The zero-order valence-electron chi connectivity index (χ0n) is 10.8. The van der Waals surface area contributed by atoms with Crippen molar-refractivity contribution in [1.29, 1.82) is 0 Å². The summed E-state index contributed by atoms with van der Waals surface area (Å²) in [5.74, 6) is 1.86. The molecule has 2 rings (SSSR count). The third-order valence-electron chi connectivity index (χ3n) is 4.15. The Morgan fingerprint density at radius 1 is 1.06 bits per heavy atom. The molecule has 1 fully saturated rings. The average molecular weight is 342 g/mol. The van der Waals surface area contributed by atoms with E-state index in [1.54, 1.807) is 5.56 Å². The normalized spacial score (nSPS) is 24.8. The molecule has 0 saturated heterocycles. The van der Waals surface area contributed by atoms with Gasteiger partial charge in [-0.1, -0.05) is 66.6 Å². The van der Waals surface area contributed by atoms with Gasteiger partial charge in [0, 0.05) is 4.43 Å². The van der Waals surface area contributed by atoms with E-state index in [0.29, 0.717) is 0 Å². The predicted molar refractivity (Wildman–Crippen MR) is 83.8 cm³/mol. The number of alkyl halides is 1. The molecular formula is C16H23I. The number of benzene rings is 1. The fourth-order valence-electron chi connectivity index (χ4n) is 3.07. The Morgan fingerprint density at radius 2 is 1.71 bits per heavy atom. The van der Waals surface area contributed by atoms with E-state index in [2.05, 4.69) is 53.8 Å². The van der Waals surface area contributed by atoms with Crippen LogP contribution in [0, 0.1) is 5.92 Å². The Balaban J connectivity index is 1.91. The molecule has 0 atom stereocenters. The van der Waals surface area contributed by atoms with Gasteiger partial charge in [0.2, 0.25) is 0 Å². The molecule has 1 heteroatoms. The Labute approximate surface area is 119 Å². The quantitative estimate of drug-likeness (QED) is 0.487. The highest BCUT2D eigenvalue weighted by Gasteiger charge is 2.21. The highest BCUT2D eigenvalue weighted by atomic mass is 127. The van der Waals surface area contributed by atoms with Gasteiger partial charge in [-0.3, -0.25) is 0 Å². The van der Waals surface area contributed by atoms with Gasteiger partial charge in [-0.15, -0.1) is 0 Å². The molecule has 0 bridgehead atoms. The molecule has 0 heterocycles. The van der Waals surface area contributed by atoms with Crippen LogP contribution in [0.25, 0.3) is 0 Å². The van der Waals surface area contributed by atoms with E-state index in [0.717, 1.165) is 16.3 Å². The standard InChI is InChI=1S/C16H23I/c1-2-3-13-4-8-15(9-5-13)16-10-6-14(12-17)7-11-16/h6-7,10-11,13,15H,2-5,8-9,12H2,1H3. The lowest BCUT2D eigenvalue weighted by molar-refractivity contribution is 0.308. The van der Waals surface area contributed by atoms with Gasteiger partial charge in [0.15, 0.2) is 0 Å². The second-order valence-electron chi connectivity index (χ2n) is 5.38. The lowest BCUT2D eigenvalue weighted by atomic mass is 9.77. The van der Waals surface area contributed by atoms with E-state index < -0.39 is 0 Å². The topological polar surface area (TPSA) is 0 Å². The molecule has 1 aliphatic carbocycles. The van der Waals surface area contributed by atoms with Crippen molar-refractivity contribution in [3.63, 3.8) is 0 Å². The lowest BCUT2D eigenvalue weighted by Gasteiger charge is -2.28. The van der Waals surface area contributed by atoms with Crippen LogP contribution in [0.5, 0.6) is 0 Å². The van der Waals surface area contributed by atoms with E-state index in [9.17, 15) is 0 Å². The monoisotopic (exact) mass is 342 g/mol. The maximum atomic E-state index is 2.43. The first-order valence-electron chi connectivity index (χ1n) is 6.98. The Hall–Kier alpha value is -0.0500. The second kappa shape index (κ2) is 6.77. The average Bonchev–Trinajstić information content (AvgIpc) is 2.40. The van der Waals surface area contributed by atoms with Crippen molar-refractivity contribution in [2.45, 2.75) is 55.8 Å². The Kier molecular flexibility index (Phi) is 5.33. The van der Waals surface area contributed by atoms with E-state index in [4.69, 9.17) is 0 Å². The lowest BCUT2D eigenvalue weighted by Crippen LogP contribution is -2.13. The maximum Gasteiger partial charge on any atom is 0.0247 e. The molecule has 0 radical (unpaired) electrons. The summed E-state index contributed by atoms with van der Waals surface area (Å²) >= 11 is 2.43. The van der Waals surface area contributed by atoms with E-state index in [1.807, 2.05) is 0 Å². The van der Waals surface area contributed by atoms with Gasteiger partial charge in [-0.05, 0) is 48.6 Å². The molecule has 17 heavy (non-hydrogen) atoms. The molecule has 1 aliphatic rings. The van der Waals surface area contributed by atoms with Crippen molar-refractivity contribution < 1.29 is 0 Å². The summed E-state index contributed by atoms with van der Waals surface area (Å²) in [6.07, 6.45) is 8.53. The van der Waals surface area contributed by atoms with Crippen molar-refractivity contribution in [3.05, 3.63) is 35.4 Å². The minimum Gasteiger partial charge on any atom is -0.0812 e. The van der Waals surface area contributed by atoms with Gasteiger partial charge in [-0.2, -0.15) is 0 Å². The maximum absolute atomic E-state index is 2.43. The molecule has 1 aromatic rings. The molecule has 0 spiro atoms. The van der Waals surface area contributed by atoms with Crippen LogP contribution in [0.2, 0.25) is 0 Å². The molecule has 0 aromatic heterocycles. The molecular weight excluding hydrogens is 319 g/mol. The first-order chi connectivity index (χ1) is 8.33. The minimum absolute atomic E-state index is 0.839. The second-order valence-corrected chi connectivity index (χ2v) is 6.14. The smallest absolute Gasteiger partial charge is 0.0247 e. The summed E-state index contributed by atoms with van der Waals surface area (Å²) in [6, 6.07) is 9.33. The van der Waals surface area contributed by atoms with Crippen LogP contribution in [0.1, 0.15) is 62.5 Å².